The fourth-order valence-electron chi connectivity index (χ4n) is 2.99. The first-order valence-electron chi connectivity index (χ1n) is 9.68. The monoisotopic (exact) mass is 397 g/mol. The van der Waals surface area contributed by atoms with Crippen LogP contribution >= 0.6 is 0 Å². The summed E-state index contributed by atoms with van der Waals surface area (Å²) in [4.78, 5) is 37.0. The van der Waals surface area contributed by atoms with Crippen molar-refractivity contribution in [1.29, 1.82) is 0 Å². The van der Waals surface area contributed by atoms with Crippen molar-refractivity contribution in [1.82, 2.24) is 0 Å². The van der Waals surface area contributed by atoms with E-state index >= 15 is 0 Å². The summed E-state index contributed by atoms with van der Waals surface area (Å²) in [6, 6.07) is 14.1. The number of carbonyl (C=O) groups excluding carboxylic acids is 3. The quantitative estimate of drug-likeness (QED) is 0.548. The van der Waals surface area contributed by atoms with Gasteiger partial charge in [-0.05, 0) is 62.7 Å². The van der Waals surface area contributed by atoms with Gasteiger partial charge >= 0.3 is 0 Å². The van der Waals surface area contributed by atoms with Gasteiger partial charge in [-0.2, -0.15) is 0 Å². The number of rotatable bonds is 8. The highest BCUT2D eigenvalue weighted by atomic mass is 16.2. The van der Waals surface area contributed by atoms with Gasteiger partial charge in [0.05, 0.1) is 6.54 Å². The molecule has 2 aromatic rings. The predicted octanol–water partition coefficient (Wildman–Crippen LogP) is 1.82. The van der Waals surface area contributed by atoms with Crippen LogP contribution in [0.1, 0.15) is 26.3 Å². The van der Waals surface area contributed by atoms with E-state index in [0.717, 1.165) is 16.2 Å². The smallest absolute Gasteiger partial charge is 0.282 e. The van der Waals surface area contributed by atoms with Gasteiger partial charge in [0.1, 0.15) is 0 Å². The molecule has 2 rings (SSSR count). The molecule has 0 radical (unpaired) electrons. The zero-order valence-corrected chi connectivity index (χ0v) is 17.3. The Morgan fingerprint density at radius 1 is 0.931 bits per heavy atom. The predicted molar refractivity (Wildman–Crippen MR) is 115 cm³/mol. The van der Waals surface area contributed by atoms with Crippen LogP contribution in [0.25, 0.3) is 0 Å². The second-order valence-corrected chi connectivity index (χ2v) is 7.08. The molecule has 0 aliphatic rings. The maximum absolute atomic E-state index is 12.6. The Bertz CT molecular complexity index is 865. The van der Waals surface area contributed by atoms with Gasteiger partial charge in [-0.25, -0.2) is 0 Å². The summed E-state index contributed by atoms with van der Waals surface area (Å²) >= 11 is 0. The third-order valence-electron chi connectivity index (χ3n) is 4.62. The molecule has 2 atom stereocenters. The van der Waals surface area contributed by atoms with Gasteiger partial charge in [-0.3, -0.25) is 14.4 Å². The molecule has 0 saturated heterocycles. The molecule has 2 aromatic carbocycles. The molecule has 0 aliphatic heterocycles. The van der Waals surface area contributed by atoms with E-state index in [1.165, 1.54) is 6.92 Å². The van der Waals surface area contributed by atoms with Gasteiger partial charge in [0, 0.05) is 24.0 Å². The molecule has 4 N–H and O–H groups in total. The summed E-state index contributed by atoms with van der Waals surface area (Å²) in [6.45, 7) is 7.98. The van der Waals surface area contributed by atoms with Crippen molar-refractivity contribution in [2.75, 3.05) is 29.0 Å². The van der Waals surface area contributed by atoms with Crippen molar-refractivity contribution in [2.45, 2.75) is 33.7 Å². The van der Waals surface area contributed by atoms with Gasteiger partial charge in [-0.1, -0.05) is 12.1 Å². The molecule has 0 saturated carbocycles. The van der Waals surface area contributed by atoms with Gasteiger partial charge in [0.25, 0.3) is 11.8 Å². The zero-order chi connectivity index (χ0) is 21.4. The maximum Gasteiger partial charge on any atom is 0.282 e. The Balaban J connectivity index is 1.92. The van der Waals surface area contributed by atoms with Crippen molar-refractivity contribution >= 4 is 34.8 Å². The first kappa shape index (κ1) is 22.1. The molecule has 0 aromatic heterocycles. The highest BCUT2D eigenvalue weighted by molar-refractivity contribution is 5.95. The van der Waals surface area contributed by atoms with Gasteiger partial charge in [0.2, 0.25) is 5.91 Å². The molecule has 3 amide bonds. The molecule has 29 heavy (non-hydrogen) atoms. The van der Waals surface area contributed by atoms with Crippen LogP contribution in [0.4, 0.5) is 17.1 Å². The normalized spacial score (nSPS) is 12.6. The fraction of sp³-hybridized carbons (Fsp3) is 0.318. The van der Waals surface area contributed by atoms with Crippen LogP contribution in [-0.2, 0) is 14.4 Å². The van der Waals surface area contributed by atoms with Crippen molar-refractivity contribution in [3.63, 3.8) is 0 Å². The standard InChI is InChI=1S/C22H28N4O3/c1-5-26(16(3)22(29)25-20-8-6-7-15(2)13-20)14-21(28)24-19-11-9-18(10-12-19)23-17(4)27/h6-13,16H,5,14H2,1-4H3,(H,23,27)(H,24,28)(H,25,29)/p+1/t16-/m1/s1. The number of hydrogen-bond acceptors (Lipinski definition) is 3. The van der Waals surface area contributed by atoms with E-state index in [2.05, 4.69) is 16.0 Å². The zero-order valence-electron chi connectivity index (χ0n) is 17.3. The third kappa shape index (κ3) is 7.04. The van der Waals surface area contributed by atoms with E-state index < -0.39 is 0 Å². The number of likely N-dealkylation sites (N-methyl/N-ethyl adjacent to an activating group) is 1. The Labute approximate surface area is 171 Å². The lowest BCUT2D eigenvalue weighted by Crippen LogP contribution is -3.17. The average molecular weight is 397 g/mol. The van der Waals surface area contributed by atoms with E-state index in [1.54, 1.807) is 24.3 Å². The number of aryl methyl sites for hydroxylation is 1. The van der Waals surface area contributed by atoms with Crippen LogP contribution in [0.5, 0.6) is 0 Å². The molecule has 0 bridgehead atoms. The highest BCUT2D eigenvalue weighted by Gasteiger charge is 2.26. The van der Waals surface area contributed by atoms with Crippen LogP contribution < -0.4 is 20.9 Å². The number of carbonyl (C=O) groups is 3. The minimum Gasteiger partial charge on any atom is -0.326 e. The van der Waals surface area contributed by atoms with Crippen LogP contribution in [0.2, 0.25) is 0 Å². The first-order valence-corrected chi connectivity index (χ1v) is 9.68. The number of benzene rings is 2. The Hall–Kier alpha value is -3.19. The summed E-state index contributed by atoms with van der Waals surface area (Å²) in [6.07, 6.45) is 0. The number of amides is 3. The summed E-state index contributed by atoms with van der Waals surface area (Å²) in [5.41, 5.74) is 3.12. The largest absolute Gasteiger partial charge is 0.326 e. The molecule has 0 spiro atoms. The maximum atomic E-state index is 12.6. The minimum absolute atomic E-state index is 0.125. The van der Waals surface area contributed by atoms with E-state index in [-0.39, 0.29) is 30.3 Å². The lowest BCUT2D eigenvalue weighted by atomic mass is 10.2. The highest BCUT2D eigenvalue weighted by Crippen LogP contribution is 2.13. The molecule has 0 fully saturated rings. The van der Waals surface area contributed by atoms with Crippen molar-refractivity contribution in [2.24, 2.45) is 0 Å². The minimum atomic E-state index is -0.381. The van der Waals surface area contributed by atoms with Crippen LogP contribution in [0.15, 0.2) is 48.5 Å². The Kier molecular flexibility index (Phi) is 7.91. The molecule has 0 heterocycles. The number of nitrogens with one attached hydrogen (secondary N) is 4. The number of hydrogen-bond donors (Lipinski definition) is 4. The van der Waals surface area contributed by atoms with E-state index in [4.69, 9.17) is 0 Å². The first-order chi connectivity index (χ1) is 13.8. The summed E-state index contributed by atoms with van der Waals surface area (Å²) in [7, 11) is 0. The second kappa shape index (κ2) is 10.4. The van der Waals surface area contributed by atoms with E-state index in [9.17, 15) is 14.4 Å². The topological polar surface area (TPSA) is 91.7 Å². The average Bonchev–Trinajstić information content (AvgIpc) is 2.66. The molecule has 7 nitrogen and oxygen atoms in total. The van der Waals surface area contributed by atoms with Crippen molar-refractivity contribution in [3.8, 4) is 0 Å². The van der Waals surface area contributed by atoms with E-state index in [1.807, 2.05) is 45.0 Å². The van der Waals surface area contributed by atoms with Gasteiger partial charge < -0.3 is 20.9 Å². The van der Waals surface area contributed by atoms with Gasteiger partial charge in [0.15, 0.2) is 12.6 Å². The third-order valence-corrected chi connectivity index (χ3v) is 4.62. The lowest BCUT2D eigenvalue weighted by Gasteiger charge is -2.23. The molecule has 0 aliphatic carbocycles. The number of quaternary nitrogens is 1. The van der Waals surface area contributed by atoms with Crippen molar-refractivity contribution < 1.29 is 19.3 Å². The van der Waals surface area contributed by atoms with Gasteiger partial charge in [-0.15, -0.1) is 0 Å². The van der Waals surface area contributed by atoms with Crippen LogP contribution in [0.3, 0.4) is 0 Å². The summed E-state index contributed by atoms with van der Waals surface area (Å²) < 4.78 is 0. The molecule has 1 unspecified atom stereocenters. The lowest BCUT2D eigenvalue weighted by molar-refractivity contribution is -0.904. The molecule has 7 heteroatoms. The van der Waals surface area contributed by atoms with Crippen molar-refractivity contribution in [3.05, 3.63) is 54.1 Å². The summed E-state index contributed by atoms with van der Waals surface area (Å²) in [5, 5.41) is 8.43. The molecule has 154 valence electrons. The number of anilines is 3. The van der Waals surface area contributed by atoms with E-state index in [0.29, 0.717) is 17.9 Å². The molecular formula is C22H29N4O3+. The summed E-state index contributed by atoms with van der Waals surface area (Å²) in [5.74, 6) is -0.453. The fourth-order valence-corrected chi connectivity index (χ4v) is 2.99. The Morgan fingerprint density at radius 2 is 1.55 bits per heavy atom. The second-order valence-electron chi connectivity index (χ2n) is 7.08. The SMILES string of the molecule is CC[NH+](CC(=O)Nc1ccc(NC(C)=O)cc1)[C@H](C)C(=O)Nc1cccc(C)c1. The van der Waals surface area contributed by atoms with Crippen LogP contribution in [-0.4, -0.2) is 36.9 Å². The molecular weight excluding hydrogens is 368 g/mol. The van der Waals surface area contributed by atoms with Crippen LogP contribution in [0, 0.1) is 6.92 Å². The Morgan fingerprint density at radius 3 is 2.10 bits per heavy atom.